The molecule has 2 heteroatoms. The predicted octanol–water partition coefficient (Wildman–Crippen LogP) is 2.83. The van der Waals surface area contributed by atoms with Crippen molar-refractivity contribution in [3.05, 3.63) is 35.9 Å². The fourth-order valence-electron chi connectivity index (χ4n) is 2.60. The number of nitrogens with zero attached hydrogens (tertiary/aromatic N) is 1. The summed E-state index contributed by atoms with van der Waals surface area (Å²) >= 11 is 0. The van der Waals surface area contributed by atoms with E-state index in [0.29, 0.717) is 17.4 Å². The fourth-order valence-corrected chi connectivity index (χ4v) is 2.60. The normalized spacial score (nSPS) is 28.4. The Morgan fingerprint density at radius 2 is 2.06 bits per heavy atom. The maximum absolute atomic E-state index is 8.77. The molecule has 0 spiro atoms. The zero-order valence-electron chi connectivity index (χ0n) is 10.0. The van der Waals surface area contributed by atoms with Gasteiger partial charge in [-0.25, -0.2) is 0 Å². The van der Waals surface area contributed by atoms with Crippen molar-refractivity contribution >= 4 is 0 Å². The first-order valence-corrected chi connectivity index (χ1v) is 6.48. The molecule has 3 rings (SSSR count). The van der Waals surface area contributed by atoms with Gasteiger partial charge < -0.3 is 5.32 Å². The first-order chi connectivity index (χ1) is 8.33. The summed E-state index contributed by atoms with van der Waals surface area (Å²) < 4.78 is 0. The van der Waals surface area contributed by atoms with E-state index in [0.717, 1.165) is 13.0 Å². The van der Waals surface area contributed by atoms with Gasteiger partial charge in [-0.1, -0.05) is 30.3 Å². The summed E-state index contributed by atoms with van der Waals surface area (Å²) in [5.41, 5.74) is 1.79. The van der Waals surface area contributed by atoms with Crippen LogP contribution in [-0.4, -0.2) is 12.6 Å². The number of hydrogen-bond donors (Lipinski definition) is 1. The van der Waals surface area contributed by atoms with E-state index in [1.54, 1.807) is 0 Å². The van der Waals surface area contributed by atoms with E-state index >= 15 is 0 Å². The van der Waals surface area contributed by atoms with E-state index in [4.69, 9.17) is 5.26 Å². The summed E-state index contributed by atoms with van der Waals surface area (Å²) in [5, 5.41) is 12.4. The Bertz CT molecular complexity index is 428. The molecule has 2 fully saturated rings. The molecule has 0 bridgehead atoms. The molecule has 17 heavy (non-hydrogen) atoms. The summed E-state index contributed by atoms with van der Waals surface area (Å²) in [7, 11) is 0. The molecule has 0 heterocycles. The molecule has 2 atom stereocenters. The smallest absolute Gasteiger partial charge is 0.0628 e. The molecule has 0 unspecified atom stereocenters. The van der Waals surface area contributed by atoms with E-state index in [9.17, 15) is 0 Å². The molecule has 0 amide bonds. The van der Waals surface area contributed by atoms with Crippen LogP contribution >= 0.6 is 0 Å². The molecule has 2 aliphatic rings. The molecule has 88 valence electrons. The molecule has 0 saturated heterocycles. The summed E-state index contributed by atoms with van der Waals surface area (Å²) in [5.74, 6) is 0.703. The molecular weight excluding hydrogens is 208 g/mol. The summed E-state index contributed by atoms with van der Waals surface area (Å²) in [6.45, 7) is 1.04. The zero-order valence-corrected chi connectivity index (χ0v) is 10.0. The fraction of sp³-hybridized carbons (Fsp3) is 0.533. The highest BCUT2D eigenvalue weighted by molar-refractivity contribution is 5.27. The van der Waals surface area contributed by atoms with Crippen LogP contribution in [0.5, 0.6) is 0 Å². The Morgan fingerprint density at radius 1 is 1.29 bits per heavy atom. The number of nitriles is 1. The van der Waals surface area contributed by atoms with Crippen LogP contribution in [0.3, 0.4) is 0 Å². The van der Waals surface area contributed by atoms with E-state index in [-0.39, 0.29) is 0 Å². The quantitative estimate of drug-likeness (QED) is 0.838. The average Bonchev–Trinajstić information content (AvgIpc) is 3.24. The second-order valence-electron chi connectivity index (χ2n) is 5.58. The minimum absolute atomic E-state index is 0.332. The molecular formula is C15H18N2. The number of hydrogen-bond acceptors (Lipinski definition) is 2. The standard InChI is InChI=1S/C15H18N2/c16-9-8-15(6-7-15)11-17-14-10-13(14)12-4-2-1-3-5-12/h1-5,13-14,17H,6-8,10-11H2/t13-,14+/m0/s1. The summed E-state index contributed by atoms with van der Waals surface area (Å²) in [6.07, 6.45) is 4.45. The number of benzene rings is 1. The molecule has 2 nitrogen and oxygen atoms in total. The molecule has 0 radical (unpaired) electrons. The summed E-state index contributed by atoms with van der Waals surface area (Å²) in [6, 6.07) is 13.7. The van der Waals surface area contributed by atoms with Crippen LogP contribution < -0.4 is 5.32 Å². The average molecular weight is 226 g/mol. The monoisotopic (exact) mass is 226 g/mol. The van der Waals surface area contributed by atoms with Crippen LogP contribution in [0, 0.1) is 16.7 Å². The van der Waals surface area contributed by atoms with Crippen molar-refractivity contribution in [3.63, 3.8) is 0 Å². The highest BCUT2D eigenvalue weighted by atomic mass is 15.0. The van der Waals surface area contributed by atoms with Crippen LogP contribution in [-0.2, 0) is 0 Å². The Kier molecular flexibility index (Phi) is 2.64. The molecule has 1 aromatic rings. The van der Waals surface area contributed by atoms with Crippen LogP contribution in [0.1, 0.15) is 37.2 Å². The van der Waals surface area contributed by atoms with Gasteiger partial charge in [0.15, 0.2) is 0 Å². The van der Waals surface area contributed by atoms with E-state index < -0.39 is 0 Å². The number of rotatable bonds is 5. The molecule has 0 aliphatic heterocycles. The van der Waals surface area contributed by atoms with Gasteiger partial charge in [0.1, 0.15) is 0 Å². The second-order valence-corrected chi connectivity index (χ2v) is 5.58. The van der Waals surface area contributed by atoms with E-state index in [2.05, 4.69) is 41.7 Å². The molecule has 0 aromatic heterocycles. The first kappa shape index (κ1) is 10.8. The highest BCUT2D eigenvalue weighted by Gasteiger charge is 2.45. The largest absolute Gasteiger partial charge is 0.313 e. The van der Waals surface area contributed by atoms with Crippen molar-refractivity contribution in [2.24, 2.45) is 5.41 Å². The van der Waals surface area contributed by atoms with Crippen LogP contribution in [0.25, 0.3) is 0 Å². The maximum Gasteiger partial charge on any atom is 0.0628 e. The summed E-state index contributed by atoms with van der Waals surface area (Å²) in [4.78, 5) is 0. The molecule has 1 aromatic carbocycles. The van der Waals surface area contributed by atoms with Crippen LogP contribution in [0.15, 0.2) is 30.3 Å². The van der Waals surface area contributed by atoms with Crippen molar-refractivity contribution in [2.45, 2.75) is 37.6 Å². The molecule has 2 aliphatic carbocycles. The Hall–Kier alpha value is -1.33. The lowest BCUT2D eigenvalue weighted by molar-refractivity contribution is 0.462. The van der Waals surface area contributed by atoms with Crippen molar-refractivity contribution in [1.82, 2.24) is 5.32 Å². The second kappa shape index (κ2) is 4.16. The first-order valence-electron chi connectivity index (χ1n) is 6.48. The van der Waals surface area contributed by atoms with Gasteiger partial charge in [0.25, 0.3) is 0 Å². The van der Waals surface area contributed by atoms with E-state index in [1.807, 2.05) is 0 Å². The predicted molar refractivity (Wildman–Crippen MR) is 67.5 cm³/mol. The van der Waals surface area contributed by atoms with Gasteiger partial charge in [-0.2, -0.15) is 5.26 Å². The Morgan fingerprint density at radius 3 is 2.71 bits per heavy atom. The van der Waals surface area contributed by atoms with Gasteiger partial charge in [-0.05, 0) is 30.2 Å². The lowest BCUT2D eigenvalue weighted by atomic mass is 10.0. The SMILES string of the molecule is N#CCC1(CN[C@@H]2C[C@H]2c2ccccc2)CC1. The third-order valence-corrected chi connectivity index (χ3v) is 4.17. The Labute approximate surface area is 103 Å². The molecule has 1 N–H and O–H groups in total. The van der Waals surface area contributed by atoms with Gasteiger partial charge in [0, 0.05) is 24.9 Å². The van der Waals surface area contributed by atoms with Gasteiger partial charge in [0.2, 0.25) is 0 Å². The lowest BCUT2D eigenvalue weighted by Crippen LogP contribution is -2.26. The molecule has 2 saturated carbocycles. The highest BCUT2D eigenvalue weighted by Crippen LogP contribution is 2.49. The topological polar surface area (TPSA) is 35.8 Å². The zero-order chi connectivity index (χ0) is 11.7. The van der Waals surface area contributed by atoms with Gasteiger partial charge in [-0.3, -0.25) is 0 Å². The maximum atomic E-state index is 8.77. The van der Waals surface area contributed by atoms with Gasteiger partial charge in [0.05, 0.1) is 6.07 Å². The minimum atomic E-state index is 0.332. The third-order valence-electron chi connectivity index (χ3n) is 4.17. The van der Waals surface area contributed by atoms with Gasteiger partial charge >= 0.3 is 0 Å². The minimum Gasteiger partial charge on any atom is -0.313 e. The van der Waals surface area contributed by atoms with Crippen molar-refractivity contribution in [2.75, 3.05) is 6.54 Å². The van der Waals surface area contributed by atoms with Gasteiger partial charge in [-0.15, -0.1) is 0 Å². The van der Waals surface area contributed by atoms with E-state index in [1.165, 1.54) is 24.8 Å². The van der Waals surface area contributed by atoms with Crippen molar-refractivity contribution < 1.29 is 0 Å². The van der Waals surface area contributed by atoms with Crippen molar-refractivity contribution in [1.29, 1.82) is 5.26 Å². The Balaban J connectivity index is 1.49. The lowest BCUT2D eigenvalue weighted by Gasteiger charge is -2.12. The van der Waals surface area contributed by atoms with Crippen LogP contribution in [0.4, 0.5) is 0 Å². The van der Waals surface area contributed by atoms with Crippen molar-refractivity contribution in [3.8, 4) is 6.07 Å². The third kappa shape index (κ3) is 2.35. The van der Waals surface area contributed by atoms with Crippen LogP contribution in [0.2, 0.25) is 0 Å². The number of nitrogens with one attached hydrogen (secondary N) is 1.